The summed E-state index contributed by atoms with van der Waals surface area (Å²) in [5.74, 6) is 3.55. The van der Waals surface area contributed by atoms with Crippen LogP contribution in [-0.2, 0) is 24.7 Å². The van der Waals surface area contributed by atoms with Crippen molar-refractivity contribution in [3.05, 3.63) is 198 Å². The first kappa shape index (κ1) is 43.6. The Kier molecular flexibility index (Phi) is 11.8. The molecule has 0 amide bonds. The summed E-state index contributed by atoms with van der Waals surface area (Å²) in [4.78, 5) is 5.02. The third-order valence-electron chi connectivity index (χ3n) is 13.0. The SMILES string of the molecule is CC(C)Cc1cc2c3ccc(Oc4cccc([N+]5=C=[N+](CCc6c(-c7ccccc7)cccc6-c6ccccc6)c6ccccc65)c4)cc3n(-c3cc(C(C)(C)C)ccn3)c2cc1CC(C)C. The van der Waals surface area contributed by atoms with Crippen LogP contribution in [0, 0.1) is 11.8 Å². The van der Waals surface area contributed by atoms with Gasteiger partial charge in [-0.1, -0.05) is 150 Å². The molecule has 0 spiro atoms. The van der Waals surface area contributed by atoms with E-state index in [0.29, 0.717) is 11.8 Å². The van der Waals surface area contributed by atoms with Crippen molar-refractivity contribution >= 4 is 44.9 Å². The number of fused-ring (bicyclic) bond motifs is 4. The van der Waals surface area contributed by atoms with Crippen molar-refractivity contribution < 1.29 is 9.31 Å². The summed E-state index contributed by atoms with van der Waals surface area (Å²) in [7, 11) is 0. The average Bonchev–Trinajstić information content (AvgIpc) is 3.85. The molecule has 0 unspecified atom stereocenters. The summed E-state index contributed by atoms with van der Waals surface area (Å²) in [5.41, 5.74) is 15.8. The van der Waals surface area contributed by atoms with Crippen LogP contribution in [-0.4, -0.2) is 26.7 Å². The Morgan fingerprint density at radius 2 is 1.19 bits per heavy atom. The summed E-state index contributed by atoms with van der Waals surface area (Å²) in [6.45, 7) is 16.8. The van der Waals surface area contributed by atoms with Gasteiger partial charge in [0.25, 0.3) is 11.4 Å². The molecule has 3 heterocycles. The first-order valence-electron chi connectivity index (χ1n) is 24.0. The van der Waals surface area contributed by atoms with Crippen LogP contribution in [0.3, 0.4) is 0 Å². The second-order valence-electron chi connectivity index (χ2n) is 20.0. The van der Waals surface area contributed by atoms with Gasteiger partial charge < -0.3 is 4.74 Å². The third-order valence-corrected chi connectivity index (χ3v) is 13.0. The minimum atomic E-state index is -0.0234. The van der Waals surface area contributed by atoms with Gasteiger partial charge in [0.1, 0.15) is 17.3 Å². The van der Waals surface area contributed by atoms with Crippen LogP contribution in [0.2, 0.25) is 0 Å². The molecule has 2 aromatic heterocycles. The maximum atomic E-state index is 6.83. The van der Waals surface area contributed by atoms with E-state index in [9.17, 15) is 0 Å². The molecule has 0 atom stereocenters. The molecular formula is C62H60N4O+2. The minimum Gasteiger partial charge on any atom is -0.457 e. The van der Waals surface area contributed by atoms with Gasteiger partial charge >= 0.3 is 6.01 Å². The van der Waals surface area contributed by atoms with Crippen molar-refractivity contribution in [1.29, 1.82) is 0 Å². The van der Waals surface area contributed by atoms with Crippen LogP contribution < -0.4 is 9.31 Å². The lowest BCUT2D eigenvalue weighted by Gasteiger charge is -2.20. The summed E-state index contributed by atoms with van der Waals surface area (Å²) < 4.78 is 13.6. The van der Waals surface area contributed by atoms with E-state index in [1.165, 1.54) is 60.8 Å². The van der Waals surface area contributed by atoms with Crippen molar-refractivity contribution in [2.75, 3.05) is 6.54 Å². The number of hydrogen-bond donors (Lipinski definition) is 0. The summed E-state index contributed by atoms with van der Waals surface area (Å²) in [5, 5.41) is 2.44. The smallest absolute Gasteiger partial charge is 0.457 e. The highest BCUT2D eigenvalue weighted by molar-refractivity contribution is 6.10. The number of nitrogens with zero attached hydrogens (tertiary/aromatic N) is 4. The Balaban J connectivity index is 1.03. The van der Waals surface area contributed by atoms with Crippen molar-refractivity contribution in [3.63, 3.8) is 0 Å². The molecule has 332 valence electrons. The Hall–Kier alpha value is -7.33. The first-order valence-corrected chi connectivity index (χ1v) is 24.0. The Labute approximate surface area is 396 Å². The van der Waals surface area contributed by atoms with E-state index in [0.717, 1.165) is 65.7 Å². The van der Waals surface area contributed by atoms with Gasteiger partial charge in [-0.05, 0) is 122 Å². The van der Waals surface area contributed by atoms with E-state index in [4.69, 9.17) is 9.72 Å². The number of hydrogen-bond acceptors (Lipinski definition) is 2. The molecule has 0 aliphatic carbocycles. The Bertz CT molecular complexity index is 3290. The van der Waals surface area contributed by atoms with Crippen molar-refractivity contribution in [2.45, 2.75) is 73.1 Å². The zero-order valence-electron chi connectivity index (χ0n) is 39.9. The molecule has 67 heavy (non-hydrogen) atoms. The minimum absolute atomic E-state index is 0.0234. The maximum Gasteiger partial charge on any atom is 0.496 e. The second-order valence-corrected chi connectivity index (χ2v) is 20.0. The molecule has 7 aromatic carbocycles. The van der Waals surface area contributed by atoms with Gasteiger partial charge in [-0.25, -0.2) is 4.98 Å². The normalized spacial score (nSPS) is 12.6. The van der Waals surface area contributed by atoms with E-state index in [1.54, 1.807) is 0 Å². The van der Waals surface area contributed by atoms with Gasteiger partial charge in [-0.3, -0.25) is 4.57 Å². The monoisotopic (exact) mass is 876 g/mol. The number of pyridine rings is 1. The van der Waals surface area contributed by atoms with Gasteiger partial charge in [0.05, 0.1) is 17.1 Å². The fourth-order valence-corrected chi connectivity index (χ4v) is 9.86. The van der Waals surface area contributed by atoms with Crippen molar-refractivity contribution in [1.82, 2.24) is 14.1 Å². The van der Waals surface area contributed by atoms with Crippen molar-refractivity contribution in [3.8, 4) is 39.6 Å². The van der Waals surface area contributed by atoms with E-state index >= 15 is 0 Å². The predicted molar refractivity (Wildman–Crippen MR) is 280 cm³/mol. The van der Waals surface area contributed by atoms with Crippen molar-refractivity contribution in [2.24, 2.45) is 11.8 Å². The molecule has 5 nitrogen and oxygen atoms in total. The molecule has 1 aliphatic heterocycles. The number of rotatable bonds is 13. The fraction of sp³-hybridized carbons (Fsp3) is 0.226. The van der Waals surface area contributed by atoms with Gasteiger partial charge in [-0.15, -0.1) is 0 Å². The molecule has 1 aliphatic rings. The molecule has 9 aromatic rings. The lowest BCUT2D eigenvalue weighted by Crippen LogP contribution is -2.12. The lowest BCUT2D eigenvalue weighted by molar-refractivity contribution is -0.429. The Morgan fingerprint density at radius 1 is 0.582 bits per heavy atom. The van der Waals surface area contributed by atoms with E-state index in [-0.39, 0.29) is 5.41 Å². The molecule has 0 saturated heterocycles. The predicted octanol–water partition coefficient (Wildman–Crippen LogP) is 15.9. The van der Waals surface area contributed by atoms with E-state index in [1.807, 2.05) is 12.3 Å². The van der Waals surface area contributed by atoms with Crippen LogP contribution >= 0.6 is 0 Å². The topological polar surface area (TPSA) is 33.1 Å². The van der Waals surface area contributed by atoms with E-state index < -0.39 is 0 Å². The lowest BCUT2D eigenvalue weighted by atomic mass is 9.88. The quantitative estimate of drug-likeness (QED) is 0.108. The molecule has 0 radical (unpaired) electrons. The molecule has 0 N–H and O–H groups in total. The summed E-state index contributed by atoms with van der Waals surface area (Å²) in [6.07, 6.45) is 4.87. The molecule has 0 bridgehead atoms. The summed E-state index contributed by atoms with van der Waals surface area (Å²) in [6, 6.07) is 64.8. The van der Waals surface area contributed by atoms with Crippen LogP contribution in [0.25, 0.3) is 49.9 Å². The van der Waals surface area contributed by atoms with Gasteiger partial charge in [0.2, 0.25) is 5.69 Å². The number of aromatic nitrogens is 2. The van der Waals surface area contributed by atoms with Gasteiger partial charge in [0.15, 0.2) is 6.54 Å². The highest BCUT2D eigenvalue weighted by Gasteiger charge is 2.35. The third kappa shape index (κ3) is 8.88. The molecule has 0 saturated carbocycles. The zero-order chi connectivity index (χ0) is 46.2. The van der Waals surface area contributed by atoms with E-state index in [2.05, 4.69) is 232 Å². The second kappa shape index (κ2) is 18.2. The summed E-state index contributed by atoms with van der Waals surface area (Å²) >= 11 is 0. The van der Waals surface area contributed by atoms with Crippen LogP contribution in [0.1, 0.15) is 70.7 Å². The molecule has 5 heteroatoms. The first-order chi connectivity index (χ1) is 32.5. The fourth-order valence-electron chi connectivity index (χ4n) is 9.86. The number of para-hydroxylation sites is 2. The van der Waals surface area contributed by atoms with Crippen LogP contribution in [0.15, 0.2) is 176 Å². The van der Waals surface area contributed by atoms with Crippen LogP contribution in [0.5, 0.6) is 11.5 Å². The van der Waals surface area contributed by atoms with Gasteiger partial charge in [-0.2, -0.15) is 0 Å². The largest absolute Gasteiger partial charge is 0.496 e. The number of benzene rings is 7. The average molecular weight is 877 g/mol. The molecule has 0 fully saturated rings. The zero-order valence-corrected chi connectivity index (χ0v) is 39.9. The highest BCUT2D eigenvalue weighted by Crippen LogP contribution is 2.40. The maximum absolute atomic E-state index is 6.83. The highest BCUT2D eigenvalue weighted by atomic mass is 16.5. The van der Waals surface area contributed by atoms with Crippen LogP contribution in [0.4, 0.5) is 17.1 Å². The molecule has 10 rings (SSSR count). The Morgan fingerprint density at radius 3 is 1.87 bits per heavy atom. The number of ether oxygens (including phenoxy) is 1. The standard InChI is InChI=1S/C62H60N4O/c1-42(2)34-46-36-56-55-29-28-51(40-60(55)66(59(56)37-47(46)35-43(3)4)61-38-48(30-32-63-61)62(5,6)7)67-50-23-16-22-49(39-50)65-41-64(57-26-14-15-27-58(57)65)33-31-54-52(44-18-10-8-11-19-44)24-17-25-53(54)45-20-12-9-13-21-45/h8-30,32,36-40,42-43H,31,33-35H2,1-7H3/q+2. The van der Waals surface area contributed by atoms with Gasteiger partial charge in [0, 0.05) is 47.7 Å². The molecular weight excluding hydrogens is 817 g/mol.